The number of nitrogens with zero attached hydrogens (tertiary/aromatic N) is 1. The van der Waals surface area contributed by atoms with Crippen LogP contribution in [-0.2, 0) is 20.1 Å². The van der Waals surface area contributed by atoms with E-state index in [1.807, 2.05) is 27.7 Å². The third-order valence-corrected chi connectivity index (χ3v) is 9.02. The molecule has 0 aliphatic heterocycles. The molecule has 1 aromatic heterocycles. The first kappa shape index (κ1) is 34.5. The summed E-state index contributed by atoms with van der Waals surface area (Å²) in [7, 11) is 0. The van der Waals surface area contributed by atoms with E-state index >= 15 is 0 Å². The fraction of sp³-hybridized carbons (Fsp3) is 0.553. The minimum atomic E-state index is -0.530. The average molecular weight is 747 g/mol. The van der Waals surface area contributed by atoms with Gasteiger partial charge in [0.05, 0.1) is 17.4 Å². The Hall–Kier alpha value is -2.00. The van der Waals surface area contributed by atoms with Crippen LogP contribution < -0.4 is 0 Å². The van der Waals surface area contributed by atoms with Gasteiger partial charge in [-0.05, 0) is 72.4 Å². The number of aliphatic hydroxyl groups excluding tert-OH is 2. The summed E-state index contributed by atoms with van der Waals surface area (Å²) in [6.45, 7) is 11.9. The molecule has 2 aromatic carbocycles. The van der Waals surface area contributed by atoms with Crippen LogP contribution in [0.25, 0.3) is 22.2 Å². The van der Waals surface area contributed by atoms with Gasteiger partial charge in [-0.3, -0.25) is 4.98 Å². The van der Waals surface area contributed by atoms with Crippen molar-refractivity contribution in [3.8, 4) is 11.3 Å². The van der Waals surface area contributed by atoms with Gasteiger partial charge in [-0.15, -0.1) is 34.9 Å². The van der Waals surface area contributed by atoms with Crippen molar-refractivity contribution in [2.45, 2.75) is 124 Å². The first-order valence-electron chi connectivity index (χ1n) is 16.2. The molecule has 1 unspecified atom stereocenters. The molecule has 0 bridgehead atoms. The zero-order valence-corrected chi connectivity index (χ0v) is 29.1. The Kier molecular flexibility index (Phi) is 13.3. The van der Waals surface area contributed by atoms with Crippen LogP contribution in [0.4, 0.5) is 0 Å². The van der Waals surface area contributed by atoms with E-state index in [4.69, 9.17) is 4.98 Å². The molecule has 3 nitrogen and oxygen atoms in total. The van der Waals surface area contributed by atoms with Crippen molar-refractivity contribution >= 4 is 10.9 Å². The van der Waals surface area contributed by atoms with Gasteiger partial charge in [0.25, 0.3) is 0 Å². The Balaban J connectivity index is 0.000000347. The molecule has 2 N–H and O–H groups in total. The molecule has 1 atom stereocenters. The largest absolute Gasteiger partial charge is 0.512 e. The van der Waals surface area contributed by atoms with Gasteiger partial charge in [0.2, 0.25) is 0 Å². The fourth-order valence-corrected chi connectivity index (χ4v) is 6.45. The number of allylic oxidation sites excluding steroid dienone is 1. The maximum atomic E-state index is 9.31. The fourth-order valence-electron chi connectivity index (χ4n) is 6.45. The van der Waals surface area contributed by atoms with E-state index in [2.05, 4.69) is 56.3 Å². The van der Waals surface area contributed by atoms with Crippen molar-refractivity contribution < 1.29 is 30.3 Å². The number of hydrogen-bond donors (Lipinski definition) is 2. The monoisotopic (exact) mass is 747 g/mol. The topological polar surface area (TPSA) is 53.4 Å². The van der Waals surface area contributed by atoms with Crippen LogP contribution in [0.5, 0.6) is 0 Å². The van der Waals surface area contributed by atoms with E-state index in [1.54, 1.807) is 11.1 Å². The SMILES string of the molecule is CC(C)C(O)=CC(O)C(C)C.Cc1[c-]c(-c2ccc3c(C4CCCCC4)cc(C4CCCCC4)cc3n2)cc(C)c1.[Ir]. The standard InChI is InChI=1S/C29H34N.C9H18O2.Ir/c1-20-15-21(2)17-25(16-20)28-14-13-26-27(23-11-7-4-8-12-23)18-24(19-29(26)30-28)22-9-5-3-6-10-22;1-6(2)8(10)5-9(11)7(3)4;/h13-16,18-19,22-23H,3-12H2,1-2H3;5-8,10-11H,1-4H3;/q-1;;. The second-order valence-corrected chi connectivity index (χ2v) is 13.3. The second kappa shape index (κ2) is 16.2. The Morgan fingerprint density at radius 2 is 1.48 bits per heavy atom. The predicted molar refractivity (Wildman–Crippen MR) is 174 cm³/mol. The molecule has 0 spiro atoms. The zero-order chi connectivity index (χ0) is 29.5. The Bertz CT molecular complexity index is 1300. The van der Waals surface area contributed by atoms with E-state index in [9.17, 15) is 10.2 Å². The van der Waals surface area contributed by atoms with Gasteiger partial charge in [0.1, 0.15) is 0 Å². The number of aromatic nitrogens is 1. The molecular formula is C38H52IrNO2-. The van der Waals surface area contributed by atoms with Crippen LogP contribution in [0.15, 0.2) is 48.2 Å². The first-order valence-corrected chi connectivity index (χ1v) is 16.2. The van der Waals surface area contributed by atoms with Crippen LogP contribution in [0, 0.1) is 31.7 Å². The van der Waals surface area contributed by atoms with Crippen molar-refractivity contribution in [1.82, 2.24) is 4.98 Å². The van der Waals surface area contributed by atoms with E-state index in [0.29, 0.717) is 5.92 Å². The van der Waals surface area contributed by atoms with Crippen LogP contribution in [-0.4, -0.2) is 21.3 Å². The van der Waals surface area contributed by atoms with Crippen molar-refractivity contribution in [3.63, 3.8) is 0 Å². The molecule has 2 saturated carbocycles. The number of fused-ring (bicyclic) bond motifs is 1. The third kappa shape index (κ3) is 9.25. The molecule has 231 valence electrons. The maximum absolute atomic E-state index is 9.31. The summed E-state index contributed by atoms with van der Waals surface area (Å²) in [5.74, 6) is 1.97. The van der Waals surface area contributed by atoms with Crippen molar-refractivity contribution in [3.05, 3.63) is 76.6 Å². The summed E-state index contributed by atoms with van der Waals surface area (Å²) >= 11 is 0. The molecule has 3 aromatic rings. The molecule has 2 aliphatic carbocycles. The number of pyridine rings is 1. The van der Waals surface area contributed by atoms with E-state index in [-0.39, 0.29) is 37.7 Å². The van der Waals surface area contributed by atoms with Crippen molar-refractivity contribution in [2.24, 2.45) is 11.8 Å². The van der Waals surface area contributed by atoms with Crippen molar-refractivity contribution in [2.75, 3.05) is 0 Å². The van der Waals surface area contributed by atoms with Gasteiger partial charge in [-0.25, -0.2) is 0 Å². The zero-order valence-electron chi connectivity index (χ0n) is 26.7. The molecule has 2 aliphatic rings. The Labute approximate surface area is 268 Å². The molecule has 42 heavy (non-hydrogen) atoms. The molecule has 0 saturated heterocycles. The van der Waals surface area contributed by atoms with Gasteiger partial charge >= 0.3 is 0 Å². The number of benzene rings is 2. The molecule has 1 radical (unpaired) electrons. The second-order valence-electron chi connectivity index (χ2n) is 13.3. The molecule has 0 amide bonds. The van der Waals surface area contributed by atoms with Gasteiger partial charge < -0.3 is 10.2 Å². The van der Waals surface area contributed by atoms with Gasteiger partial charge in [-0.1, -0.05) is 98.3 Å². The summed E-state index contributed by atoms with van der Waals surface area (Å²) in [4.78, 5) is 5.21. The minimum absolute atomic E-state index is 0. The number of rotatable bonds is 6. The summed E-state index contributed by atoms with van der Waals surface area (Å²) in [5, 5.41) is 19.9. The number of hydrogen-bond acceptors (Lipinski definition) is 3. The summed E-state index contributed by atoms with van der Waals surface area (Å²) in [5.41, 5.74) is 8.98. The first-order chi connectivity index (χ1) is 19.6. The van der Waals surface area contributed by atoms with E-state index in [0.717, 1.165) is 17.2 Å². The van der Waals surface area contributed by atoms with E-state index < -0.39 is 6.10 Å². The Morgan fingerprint density at radius 3 is 2.05 bits per heavy atom. The van der Waals surface area contributed by atoms with E-state index in [1.165, 1.54) is 92.3 Å². The molecule has 1 heterocycles. The predicted octanol–water partition coefficient (Wildman–Crippen LogP) is 10.5. The van der Waals surface area contributed by atoms with Crippen LogP contribution >= 0.6 is 0 Å². The molecular weight excluding hydrogens is 695 g/mol. The molecule has 2 fully saturated rings. The normalized spacial score (nSPS) is 17.6. The molecule has 5 rings (SSSR count). The van der Waals surface area contributed by atoms with Gasteiger partial charge in [-0.2, -0.15) is 0 Å². The quantitative estimate of drug-likeness (QED) is 0.195. The Morgan fingerprint density at radius 1 is 0.857 bits per heavy atom. The third-order valence-electron chi connectivity index (χ3n) is 9.02. The van der Waals surface area contributed by atoms with Crippen LogP contribution in [0.2, 0.25) is 0 Å². The molecule has 4 heteroatoms. The number of aryl methyl sites for hydroxylation is 2. The summed E-state index contributed by atoms with van der Waals surface area (Å²) < 4.78 is 0. The van der Waals surface area contributed by atoms with Crippen LogP contribution in [0.3, 0.4) is 0 Å². The maximum Gasteiger partial charge on any atom is 0.0933 e. The van der Waals surface area contributed by atoms with Gasteiger partial charge in [0, 0.05) is 31.4 Å². The minimum Gasteiger partial charge on any atom is -0.512 e. The van der Waals surface area contributed by atoms with Crippen LogP contribution in [0.1, 0.15) is 126 Å². The average Bonchev–Trinajstić information content (AvgIpc) is 2.97. The summed E-state index contributed by atoms with van der Waals surface area (Å²) in [6.07, 6.45) is 14.7. The number of aliphatic hydroxyl groups is 2. The van der Waals surface area contributed by atoms with Gasteiger partial charge in [0.15, 0.2) is 0 Å². The van der Waals surface area contributed by atoms with Crippen molar-refractivity contribution in [1.29, 1.82) is 0 Å². The smallest absolute Gasteiger partial charge is 0.0933 e. The summed E-state index contributed by atoms with van der Waals surface area (Å²) in [6, 6.07) is 17.5.